The molecule has 0 saturated heterocycles. The lowest BCUT2D eigenvalue weighted by Crippen LogP contribution is -2.15. The van der Waals surface area contributed by atoms with Gasteiger partial charge in [-0.15, -0.1) is 5.10 Å². The summed E-state index contributed by atoms with van der Waals surface area (Å²) in [5, 5.41) is 6.80. The van der Waals surface area contributed by atoms with E-state index in [-0.39, 0.29) is 5.92 Å². The number of fused-ring (bicyclic) bond motifs is 6. The minimum atomic E-state index is -0.154. The average Bonchev–Trinajstić information content (AvgIpc) is 3.33. The second-order valence-corrected chi connectivity index (χ2v) is 7.91. The maximum Gasteiger partial charge on any atom is 0.228 e. The van der Waals surface area contributed by atoms with Gasteiger partial charge in [-0.1, -0.05) is 48.5 Å². The van der Waals surface area contributed by atoms with E-state index >= 15 is 0 Å². The molecule has 7 nitrogen and oxygen atoms in total. The van der Waals surface area contributed by atoms with Gasteiger partial charge in [-0.3, -0.25) is 9.97 Å². The van der Waals surface area contributed by atoms with Crippen LogP contribution in [0.4, 0.5) is 0 Å². The summed E-state index contributed by atoms with van der Waals surface area (Å²) in [6, 6.07) is 22.2. The van der Waals surface area contributed by atoms with E-state index in [9.17, 15) is 0 Å². The zero-order chi connectivity index (χ0) is 21.8. The SMILES string of the molecule is c1ccc(-c2nc3c4c(ncn3n2)Oc2c(ccc3ccccc23)[C@H]4c2cccnc2)nc1. The molecule has 1 aliphatic heterocycles. The number of hydrogen-bond donors (Lipinski definition) is 0. The summed E-state index contributed by atoms with van der Waals surface area (Å²) in [6.45, 7) is 0. The summed E-state index contributed by atoms with van der Waals surface area (Å²) in [5.41, 5.74) is 4.34. The molecule has 6 aromatic rings. The fraction of sp³-hybridized carbons (Fsp3) is 0.0385. The Morgan fingerprint density at radius 1 is 0.848 bits per heavy atom. The van der Waals surface area contributed by atoms with Crippen LogP contribution in [-0.2, 0) is 0 Å². The first-order chi connectivity index (χ1) is 16.4. The van der Waals surface area contributed by atoms with Crippen molar-refractivity contribution in [3.8, 4) is 23.1 Å². The predicted molar refractivity (Wildman–Crippen MR) is 123 cm³/mol. The molecule has 0 spiro atoms. The summed E-state index contributed by atoms with van der Waals surface area (Å²) < 4.78 is 8.13. The lowest BCUT2D eigenvalue weighted by molar-refractivity contribution is 0.437. The number of rotatable bonds is 2. The van der Waals surface area contributed by atoms with Crippen molar-refractivity contribution in [2.24, 2.45) is 0 Å². The molecule has 0 aliphatic carbocycles. The molecule has 0 saturated carbocycles. The van der Waals surface area contributed by atoms with Crippen molar-refractivity contribution in [2.75, 3.05) is 0 Å². The Bertz CT molecular complexity index is 1650. The van der Waals surface area contributed by atoms with Gasteiger partial charge in [0.25, 0.3) is 0 Å². The van der Waals surface area contributed by atoms with Crippen molar-refractivity contribution in [3.63, 3.8) is 0 Å². The van der Waals surface area contributed by atoms with Gasteiger partial charge < -0.3 is 4.74 Å². The summed E-state index contributed by atoms with van der Waals surface area (Å²) >= 11 is 0. The molecule has 0 radical (unpaired) electrons. The normalized spacial score (nSPS) is 14.6. The lowest BCUT2D eigenvalue weighted by Gasteiger charge is -2.28. The number of benzene rings is 2. The van der Waals surface area contributed by atoms with Gasteiger partial charge in [-0.05, 0) is 29.1 Å². The summed E-state index contributed by atoms with van der Waals surface area (Å²) in [7, 11) is 0. The number of nitrogens with zero attached hydrogens (tertiary/aromatic N) is 6. The fourth-order valence-corrected chi connectivity index (χ4v) is 4.54. The number of ether oxygens (including phenoxy) is 1. The molecule has 2 aromatic carbocycles. The van der Waals surface area contributed by atoms with Crippen molar-refractivity contribution in [1.29, 1.82) is 0 Å². The maximum absolute atomic E-state index is 6.44. The van der Waals surface area contributed by atoms with E-state index < -0.39 is 0 Å². The molecular formula is C26H16N6O. The van der Waals surface area contributed by atoms with Crippen LogP contribution in [0.2, 0.25) is 0 Å². The fourth-order valence-electron chi connectivity index (χ4n) is 4.54. The van der Waals surface area contributed by atoms with E-state index in [0.29, 0.717) is 23.0 Å². The maximum atomic E-state index is 6.44. The van der Waals surface area contributed by atoms with E-state index in [2.05, 4.69) is 50.4 Å². The van der Waals surface area contributed by atoms with E-state index in [1.807, 2.05) is 42.6 Å². The highest BCUT2D eigenvalue weighted by atomic mass is 16.5. The van der Waals surface area contributed by atoms with Gasteiger partial charge >= 0.3 is 0 Å². The van der Waals surface area contributed by atoms with Gasteiger partial charge in [-0.25, -0.2) is 14.5 Å². The average molecular weight is 428 g/mol. The largest absolute Gasteiger partial charge is 0.438 e. The van der Waals surface area contributed by atoms with Crippen LogP contribution in [-0.4, -0.2) is 29.5 Å². The smallest absolute Gasteiger partial charge is 0.228 e. The minimum absolute atomic E-state index is 0.154. The quantitative estimate of drug-likeness (QED) is 0.385. The van der Waals surface area contributed by atoms with E-state index in [1.54, 1.807) is 23.2 Å². The van der Waals surface area contributed by atoms with Crippen molar-refractivity contribution >= 4 is 16.4 Å². The second-order valence-electron chi connectivity index (χ2n) is 7.91. The first-order valence-electron chi connectivity index (χ1n) is 10.6. The van der Waals surface area contributed by atoms with Crippen LogP contribution in [0.15, 0.2) is 91.6 Å². The molecule has 0 N–H and O–H groups in total. The topological polar surface area (TPSA) is 78.1 Å². The monoisotopic (exact) mass is 428 g/mol. The van der Waals surface area contributed by atoms with Gasteiger partial charge in [0.1, 0.15) is 17.8 Å². The highest BCUT2D eigenvalue weighted by molar-refractivity contribution is 5.91. The molecule has 4 aromatic heterocycles. The Morgan fingerprint density at radius 2 is 1.79 bits per heavy atom. The Labute approximate surface area is 188 Å². The van der Waals surface area contributed by atoms with Gasteiger partial charge in [-0.2, -0.15) is 0 Å². The van der Waals surface area contributed by atoms with Crippen LogP contribution in [0.25, 0.3) is 27.9 Å². The number of hydrogen-bond acceptors (Lipinski definition) is 6. The third kappa shape index (κ3) is 2.72. The molecule has 0 amide bonds. The predicted octanol–water partition coefficient (Wildman–Crippen LogP) is 5.02. The van der Waals surface area contributed by atoms with Crippen molar-refractivity contribution in [1.82, 2.24) is 29.5 Å². The number of aromatic nitrogens is 6. The Morgan fingerprint density at radius 3 is 2.67 bits per heavy atom. The van der Waals surface area contributed by atoms with Crippen LogP contribution in [0, 0.1) is 0 Å². The van der Waals surface area contributed by atoms with E-state index in [1.165, 1.54) is 0 Å². The van der Waals surface area contributed by atoms with Crippen LogP contribution >= 0.6 is 0 Å². The molecule has 1 atom stereocenters. The van der Waals surface area contributed by atoms with Crippen molar-refractivity contribution in [2.45, 2.75) is 5.92 Å². The highest BCUT2D eigenvalue weighted by Gasteiger charge is 2.34. The number of pyridine rings is 2. The third-order valence-corrected chi connectivity index (χ3v) is 6.01. The molecular weight excluding hydrogens is 412 g/mol. The van der Waals surface area contributed by atoms with Crippen LogP contribution in [0.1, 0.15) is 22.6 Å². The zero-order valence-electron chi connectivity index (χ0n) is 17.3. The molecule has 33 heavy (non-hydrogen) atoms. The molecule has 7 rings (SSSR count). The first-order valence-corrected chi connectivity index (χ1v) is 10.6. The van der Waals surface area contributed by atoms with Crippen molar-refractivity contribution < 1.29 is 4.74 Å². The standard InChI is InChI=1S/C26H16N6O/c1-2-8-18-16(6-1)10-11-19-21(17-7-5-12-27-14-17)22-25-30-24(20-9-3-4-13-28-20)31-32(25)15-29-26(22)33-23(18)19/h1-15,21H/t21-/m1/s1. The molecule has 7 heteroatoms. The second kappa shape index (κ2) is 6.93. The van der Waals surface area contributed by atoms with Crippen LogP contribution < -0.4 is 4.74 Å². The Balaban J connectivity index is 1.53. The van der Waals surface area contributed by atoms with E-state index in [0.717, 1.165) is 33.2 Å². The highest BCUT2D eigenvalue weighted by Crippen LogP contribution is 2.50. The lowest BCUT2D eigenvalue weighted by atomic mass is 9.83. The Hall–Kier alpha value is -4.65. The molecule has 5 heterocycles. The summed E-state index contributed by atoms with van der Waals surface area (Å²) in [5.74, 6) is 1.73. The van der Waals surface area contributed by atoms with Crippen LogP contribution in [0.3, 0.4) is 0 Å². The van der Waals surface area contributed by atoms with Gasteiger partial charge in [0.05, 0.1) is 5.56 Å². The van der Waals surface area contributed by atoms with Crippen LogP contribution in [0.5, 0.6) is 11.6 Å². The molecule has 156 valence electrons. The molecule has 1 aliphatic rings. The van der Waals surface area contributed by atoms with Crippen molar-refractivity contribution in [3.05, 3.63) is 108 Å². The molecule has 0 bridgehead atoms. The molecule has 0 fully saturated rings. The summed E-state index contributed by atoms with van der Waals surface area (Å²) in [4.78, 5) is 18.3. The summed E-state index contributed by atoms with van der Waals surface area (Å²) in [6.07, 6.45) is 7.04. The van der Waals surface area contributed by atoms with E-state index in [4.69, 9.17) is 9.72 Å². The van der Waals surface area contributed by atoms with Gasteiger partial charge in [0.2, 0.25) is 11.7 Å². The third-order valence-electron chi connectivity index (χ3n) is 6.01. The first kappa shape index (κ1) is 18.0. The van der Waals surface area contributed by atoms with Gasteiger partial charge in [0, 0.05) is 35.5 Å². The van der Waals surface area contributed by atoms with Gasteiger partial charge in [0.15, 0.2) is 5.65 Å². The molecule has 0 unspecified atom stereocenters. The zero-order valence-corrected chi connectivity index (χ0v) is 17.3. The Kier molecular flexibility index (Phi) is 3.77. The minimum Gasteiger partial charge on any atom is -0.438 e.